The van der Waals surface area contributed by atoms with Gasteiger partial charge in [-0.15, -0.1) is 0 Å². The van der Waals surface area contributed by atoms with E-state index in [9.17, 15) is 9.59 Å². The van der Waals surface area contributed by atoms with E-state index in [1.54, 1.807) is 13.8 Å². The number of aliphatic hydroxyl groups is 1. The quantitative estimate of drug-likeness (QED) is 0.456. The minimum atomic E-state index is -0.256. The van der Waals surface area contributed by atoms with Crippen molar-refractivity contribution >= 4 is 11.8 Å². The first-order valence-electron chi connectivity index (χ1n) is 8.93. The number of rotatable bonds is 11. The molecule has 0 saturated heterocycles. The van der Waals surface area contributed by atoms with Crippen LogP contribution in [0.3, 0.4) is 0 Å². The second kappa shape index (κ2) is 11.6. The first-order valence-corrected chi connectivity index (χ1v) is 8.93. The normalized spacial score (nSPS) is 22.4. The molecule has 0 amide bonds. The first-order chi connectivity index (χ1) is 11.4. The van der Waals surface area contributed by atoms with Crippen molar-refractivity contribution in [2.75, 3.05) is 33.0 Å². The van der Waals surface area contributed by atoms with Crippen molar-refractivity contribution in [3.63, 3.8) is 0 Å². The Morgan fingerprint density at radius 2 is 1.75 bits per heavy atom. The van der Waals surface area contributed by atoms with Crippen LogP contribution in [0.5, 0.6) is 0 Å². The van der Waals surface area contributed by atoms with E-state index < -0.39 is 0 Å². The SMILES string of the molecule is CC(COCCO)COC1CCC(C(=O)OCC(=O)C(C)C)CC1. The maximum absolute atomic E-state index is 12.0. The average molecular weight is 344 g/mol. The van der Waals surface area contributed by atoms with Crippen molar-refractivity contribution in [2.24, 2.45) is 17.8 Å². The summed E-state index contributed by atoms with van der Waals surface area (Å²) in [5.74, 6) is -0.243. The smallest absolute Gasteiger partial charge is 0.309 e. The van der Waals surface area contributed by atoms with Crippen LogP contribution in [-0.4, -0.2) is 56.0 Å². The van der Waals surface area contributed by atoms with Crippen molar-refractivity contribution in [3.8, 4) is 0 Å². The monoisotopic (exact) mass is 344 g/mol. The predicted molar refractivity (Wildman–Crippen MR) is 89.6 cm³/mol. The molecule has 1 atom stereocenters. The van der Waals surface area contributed by atoms with E-state index in [0.29, 0.717) is 19.8 Å². The Hall–Kier alpha value is -0.980. The Labute approximate surface area is 144 Å². The average Bonchev–Trinajstić information content (AvgIpc) is 2.58. The Bertz CT molecular complexity index is 374. The number of ether oxygens (including phenoxy) is 3. The zero-order chi connectivity index (χ0) is 17.9. The molecular formula is C18H32O6. The summed E-state index contributed by atoms with van der Waals surface area (Å²) < 4.78 is 16.3. The molecule has 1 saturated carbocycles. The Morgan fingerprint density at radius 3 is 2.33 bits per heavy atom. The standard InChI is InChI=1S/C18H32O6/c1-13(2)17(20)12-24-18(21)15-4-6-16(7-5-15)23-11-14(3)10-22-9-8-19/h13-16,19H,4-12H2,1-3H3. The minimum absolute atomic E-state index is 0.0382. The van der Waals surface area contributed by atoms with Crippen LogP contribution in [0.25, 0.3) is 0 Å². The molecule has 6 heteroatoms. The summed E-state index contributed by atoms with van der Waals surface area (Å²) in [6.45, 7) is 7.13. The Balaban J connectivity index is 2.17. The van der Waals surface area contributed by atoms with E-state index in [1.165, 1.54) is 0 Å². The van der Waals surface area contributed by atoms with Gasteiger partial charge in [0.2, 0.25) is 0 Å². The lowest BCUT2D eigenvalue weighted by molar-refractivity contribution is -0.154. The molecule has 0 aromatic carbocycles. The number of hydrogen-bond acceptors (Lipinski definition) is 6. The van der Waals surface area contributed by atoms with Gasteiger partial charge in [-0.2, -0.15) is 0 Å². The van der Waals surface area contributed by atoms with Crippen LogP contribution in [0.2, 0.25) is 0 Å². The van der Waals surface area contributed by atoms with Gasteiger partial charge in [-0.05, 0) is 25.7 Å². The molecule has 0 spiro atoms. The van der Waals surface area contributed by atoms with Crippen molar-refractivity contribution in [1.29, 1.82) is 0 Å². The fourth-order valence-corrected chi connectivity index (χ4v) is 2.59. The molecule has 0 aromatic heterocycles. The zero-order valence-electron chi connectivity index (χ0n) is 15.2. The van der Waals surface area contributed by atoms with E-state index >= 15 is 0 Å². The molecule has 1 aliphatic rings. The first kappa shape index (κ1) is 21.1. The number of ketones is 1. The summed E-state index contributed by atoms with van der Waals surface area (Å²) >= 11 is 0. The predicted octanol–water partition coefficient (Wildman–Crippen LogP) is 1.98. The van der Waals surface area contributed by atoms with Gasteiger partial charge in [-0.1, -0.05) is 20.8 Å². The van der Waals surface area contributed by atoms with Crippen LogP contribution < -0.4 is 0 Å². The highest BCUT2D eigenvalue weighted by Crippen LogP contribution is 2.27. The number of esters is 1. The molecular weight excluding hydrogens is 312 g/mol. The summed E-state index contributed by atoms with van der Waals surface area (Å²) in [6.07, 6.45) is 3.33. The molecule has 1 fully saturated rings. The molecule has 6 nitrogen and oxygen atoms in total. The fourth-order valence-electron chi connectivity index (χ4n) is 2.59. The molecule has 0 bridgehead atoms. The van der Waals surface area contributed by atoms with E-state index in [4.69, 9.17) is 19.3 Å². The Kier molecular flexibility index (Phi) is 10.1. The molecule has 1 unspecified atom stereocenters. The summed E-state index contributed by atoms with van der Waals surface area (Å²) in [7, 11) is 0. The van der Waals surface area contributed by atoms with Gasteiger partial charge in [0.25, 0.3) is 0 Å². The maximum Gasteiger partial charge on any atom is 0.309 e. The minimum Gasteiger partial charge on any atom is -0.457 e. The van der Waals surface area contributed by atoms with E-state index in [2.05, 4.69) is 0 Å². The largest absolute Gasteiger partial charge is 0.457 e. The zero-order valence-corrected chi connectivity index (χ0v) is 15.2. The Morgan fingerprint density at radius 1 is 1.08 bits per heavy atom. The lowest BCUT2D eigenvalue weighted by atomic mass is 9.87. The second-order valence-corrected chi connectivity index (χ2v) is 6.94. The van der Waals surface area contributed by atoms with Crippen LogP contribution >= 0.6 is 0 Å². The molecule has 1 N–H and O–H groups in total. The lowest BCUT2D eigenvalue weighted by Crippen LogP contribution is -2.30. The van der Waals surface area contributed by atoms with Crippen molar-refractivity contribution in [2.45, 2.75) is 52.6 Å². The van der Waals surface area contributed by atoms with Gasteiger partial charge in [0, 0.05) is 11.8 Å². The van der Waals surface area contributed by atoms with Crippen LogP contribution in [0, 0.1) is 17.8 Å². The molecule has 1 rings (SSSR count). The third kappa shape index (κ3) is 8.22. The van der Waals surface area contributed by atoms with Gasteiger partial charge >= 0.3 is 5.97 Å². The van der Waals surface area contributed by atoms with Crippen LogP contribution in [0.4, 0.5) is 0 Å². The highest BCUT2D eigenvalue weighted by molar-refractivity contribution is 5.84. The molecule has 1 aliphatic carbocycles. The van der Waals surface area contributed by atoms with E-state index in [-0.39, 0.29) is 48.8 Å². The molecule has 0 aliphatic heterocycles. The van der Waals surface area contributed by atoms with Crippen molar-refractivity contribution in [1.82, 2.24) is 0 Å². The van der Waals surface area contributed by atoms with Gasteiger partial charge in [-0.3, -0.25) is 9.59 Å². The third-order valence-electron chi connectivity index (χ3n) is 4.26. The molecule has 24 heavy (non-hydrogen) atoms. The summed E-state index contributed by atoms with van der Waals surface area (Å²) in [5, 5.41) is 8.67. The number of Topliss-reactive ketones (excluding diaryl/α,β-unsaturated/α-hetero) is 1. The topological polar surface area (TPSA) is 82.1 Å². The van der Waals surface area contributed by atoms with Crippen LogP contribution in [0.15, 0.2) is 0 Å². The molecule has 0 aromatic rings. The number of carbonyl (C=O) groups excluding carboxylic acids is 2. The van der Waals surface area contributed by atoms with Gasteiger partial charge < -0.3 is 19.3 Å². The third-order valence-corrected chi connectivity index (χ3v) is 4.26. The van der Waals surface area contributed by atoms with Crippen molar-refractivity contribution in [3.05, 3.63) is 0 Å². The number of hydrogen-bond donors (Lipinski definition) is 1. The van der Waals surface area contributed by atoms with Crippen molar-refractivity contribution < 1.29 is 28.9 Å². The van der Waals surface area contributed by atoms with Gasteiger partial charge in [0.1, 0.15) is 6.61 Å². The number of aliphatic hydroxyl groups excluding tert-OH is 1. The second-order valence-electron chi connectivity index (χ2n) is 6.94. The highest BCUT2D eigenvalue weighted by atomic mass is 16.5. The molecule has 0 radical (unpaired) electrons. The van der Waals surface area contributed by atoms with Gasteiger partial charge in [-0.25, -0.2) is 0 Å². The number of carbonyl (C=O) groups is 2. The summed E-state index contributed by atoms with van der Waals surface area (Å²) in [6, 6.07) is 0. The molecule has 0 heterocycles. The summed E-state index contributed by atoms with van der Waals surface area (Å²) in [5.41, 5.74) is 0. The van der Waals surface area contributed by atoms with Gasteiger partial charge in [0.05, 0.1) is 38.4 Å². The maximum atomic E-state index is 12.0. The van der Waals surface area contributed by atoms with Gasteiger partial charge in [0.15, 0.2) is 5.78 Å². The lowest BCUT2D eigenvalue weighted by Gasteiger charge is -2.28. The van der Waals surface area contributed by atoms with Crippen LogP contribution in [0.1, 0.15) is 46.5 Å². The van der Waals surface area contributed by atoms with E-state index in [0.717, 1.165) is 25.7 Å². The highest BCUT2D eigenvalue weighted by Gasteiger charge is 2.28. The van der Waals surface area contributed by atoms with Crippen LogP contribution in [-0.2, 0) is 23.8 Å². The van der Waals surface area contributed by atoms with E-state index in [1.807, 2.05) is 6.92 Å². The fraction of sp³-hybridized carbons (Fsp3) is 0.889. The molecule has 140 valence electrons. The summed E-state index contributed by atoms with van der Waals surface area (Å²) in [4.78, 5) is 23.5.